The highest BCUT2D eigenvalue weighted by molar-refractivity contribution is 5.81. The highest BCUT2D eigenvalue weighted by Crippen LogP contribution is 2.28. The Hall–Kier alpha value is -1.73. The Morgan fingerprint density at radius 2 is 1.96 bits per heavy atom. The second kappa shape index (κ2) is 7.48. The van der Waals surface area contributed by atoms with Gasteiger partial charge in [0, 0.05) is 37.1 Å². The number of aromatic nitrogens is 1. The first-order chi connectivity index (χ1) is 12.7. The largest absolute Gasteiger partial charge is 0.393 e. The van der Waals surface area contributed by atoms with Crippen molar-refractivity contribution < 1.29 is 14.9 Å². The highest BCUT2D eigenvalue weighted by Gasteiger charge is 2.33. The van der Waals surface area contributed by atoms with Gasteiger partial charge in [-0.3, -0.25) is 4.90 Å². The van der Waals surface area contributed by atoms with Gasteiger partial charge in [0.1, 0.15) is 11.4 Å². The molecule has 2 aromatic rings. The third kappa shape index (κ3) is 3.69. The number of piperidine rings is 1. The predicted molar refractivity (Wildman–Crippen MR) is 101 cm³/mol. The van der Waals surface area contributed by atoms with Crippen LogP contribution in [0.3, 0.4) is 0 Å². The number of aliphatic hydroxyl groups excluding tert-OH is 1. The van der Waals surface area contributed by atoms with Crippen LogP contribution in [-0.2, 0) is 11.3 Å². The van der Waals surface area contributed by atoms with Gasteiger partial charge in [-0.1, -0.05) is 18.2 Å². The number of para-hydroxylation sites is 1. The molecule has 0 radical (unpaired) electrons. The second-order valence-corrected chi connectivity index (χ2v) is 7.46. The number of anilines is 1. The third-order valence-electron chi connectivity index (χ3n) is 5.41. The number of likely N-dealkylation sites (tertiary alicyclic amines) is 1. The number of hydrogen-bond donors (Lipinski definition) is 2. The molecule has 2 saturated heterocycles. The molecule has 2 fully saturated rings. The van der Waals surface area contributed by atoms with Crippen LogP contribution in [0.5, 0.6) is 0 Å². The Morgan fingerprint density at radius 1 is 1.15 bits per heavy atom. The van der Waals surface area contributed by atoms with Crippen molar-refractivity contribution in [3.05, 3.63) is 35.9 Å². The van der Waals surface area contributed by atoms with Gasteiger partial charge >= 0.3 is 0 Å². The fourth-order valence-corrected chi connectivity index (χ4v) is 4.03. The summed E-state index contributed by atoms with van der Waals surface area (Å²) in [5.74, 6) is 1.02. The zero-order valence-corrected chi connectivity index (χ0v) is 15.1. The number of hydrogen-bond acceptors (Lipinski definition) is 6. The Labute approximate surface area is 154 Å². The van der Waals surface area contributed by atoms with E-state index in [9.17, 15) is 10.2 Å². The van der Waals surface area contributed by atoms with E-state index in [1.165, 1.54) is 5.56 Å². The van der Waals surface area contributed by atoms with Gasteiger partial charge in [-0.15, -0.1) is 0 Å². The summed E-state index contributed by atoms with van der Waals surface area (Å²) in [5.41, 5.74) is 1.19. The molecule has 0 saturated carbocycles. The average molecular weight is 357 g/mol. The molecule has 2 aliphatic heterocycles. The van der Waals surface area contributed by atoms with Crippen LogP contribution < -0.4 is 4.90 Å². The van der Waals surface area contributed by atoms with E-state index in [4.69, 9.17) is 9.72 Å². The summed E-state index contributed by atoms with van der Waals surface area (Å²) in [6.45, 7) is 5.11. The van der Waals surface area contributed by atoms with Crippen molar-refractivity contribution in [2.75, 3.05) is 50.9 Å². The summed E-state index contributed by atoms with van der Waals surface area (Å²) in [6, 6.07) is 10.4. The summed E-state index contributed by atoms with van der Waals surface area (Å²) in [5, 5.41) is 21.1. The predicted octanol–water partition coefficient (Wildman–Crippen LogP) is 1.39. The van der Waals surface area contributed by atoms with Gasteiger partial charge in [-0.25, -0.2) is 4.98 Å². The number of ether oxygens (including phenoxy) is 1. The minimum atomic E-state index is -0.984. The molecule has 6 nitrogen and oxygen atoms in total. The summed E-state index contributed by atoms with van der Waals surface area (Å²) in [4.78, 5) is 9.48. The molecular formula is C20H27N3O3. The van der Waals surface area contributed by atoms with Crippen LogP contribution in [0.1, 0.15) is 18.4 Å². The molecular weight excluding hydrogens is 330 g/mol. The molecule has 1 aromatic carbocycles. The van der Waals surface area contributed by atoms with Crippen LogP contribution in [0, 0.1) is 0 Å². The van der Waals surface area contributed by atoms with Crippen LogP contribution >= 0.6 is 0 Å². The summed E-state index contributed by atoms with van der Waals surface area (Å²) < 4.78 is 5.50. The summed E-state index contributed by atoms with van der Waals surface area (Å²) >= 11 is 0. The van der Waals surface area contributed by atoms with Gasteiger partial charge in [0.05, 0.1) is 25.3 Å². The van der Waals surface area contributed by atoms with Crippen LogP contribution in [0.4, 0.5) is 5.82 Å². The lowest BCUT2D eigenvalue weighted by Gasteiger charge is -2.38. The first-order valence-electron chi connectivity index (χ1n) is 9.44. The molecule has 1 atom stereocenters. The molecule has 0 unspecified atom stereocenters. The molecule has 0 amide bonds. The fourth-order valence-electron chi connectivity index (χ4n) is 4.03. The standard InChI is InChI=1S/C20H27N3O3/c24-15-20(25)6-3-7-22(14-20)13-17-12-16-4-1-2-5-18(16)21-19(17)23-8-10-26-11-9-23/h1-2,4-5,12,24-25H,3,6-11,13-15H2/t20-/m0/s1. The first kappa shape index (κ1) is 17.7. The number of morpholine rings is 1. The first-order valence-corrected chi connectivity index (χ1v) is 9.44. The van der Waals surface area contributed by atoms with Crippen molar-refractivity contribution in [2.45, 2.75) is 25.0 Å². The zero-order chi connectivity index (χ0) is 18.0. The molecule has 0 bridgehead atoms. The van der Waals surface area contributed by atoms with Crippen molar-refractivity contribution >= 4 is 16.7 Å². The maximum Gasteiger partial charge on any atom is 0.133 e. The maximum absolute atomic E-state index is 10.5. The minimum Gasteiger partial charge on any atom is -0.393 e. The van der Waals surface area contributed by atoms with Gasteiger partial charge in [-0.05, 0) is 31.5 Å². The van der Waals surface area contributed by atoms with Crippen molar-refractivity contribution in [3.63, 3.8) is 0 Å². The van der Waals surface area contributed by atoms with Gasteiger partial charge in [-0.2, -0.15) is 0 Å². The number of pyridine rings is 1. The zero-order valence-electron chi connectivity index (χ0n) is 15.1. The van der Waals surface area contributed by atoms with E-state index in [1.807, 2.05) is 12.1 Å². The van der Waals surface area contributed by atoms with Gasteiger partial charge in [0.2, 0.25) is 0 Å². The fraction of sp³-hybridized carbons (Fsp3) is 0.550. The summed E-state index contributed by atoms with van der Waals surface area (Å²) in [7, 11) is 0. The van der Waals surface area contributed by atoms with Gasteiger partial charge in [0.25, 0.3) is 0 Å². The Morgan fingerprint density at radius 3 is 2.77 bits per heavy atom. The van der Waals surface area contributed by atoms with Crippen LogP contribution in [0.2, 0.25) is 0 Å². The van der Waals surface area contributed by atoms with E-state index in [1.54, 1.807) is 0 Å². The van der Waals surface area contributed by atoms with Crippen molar-refractivity contribution in [3.8, 4) is 0 Å². The van der Waals surface area contributed by atoms with Crippen LogP contribution in [-0.4, -0.2) is 71.7 Å². The Balaban J connectivity index is 1.65. The number of benzene rings is 1. The number of rotatable bonds is 4. The number of β-amino-alcohol motifs (C(OH)–C–C–N with tert-alkyl or cyclic N) is 1. The molecule has 140 valence electrons. The summed E-state index contributed by atoms with van der Waals surface area (Å²) in [6.07, 6.45) is 1.55. The second-order valence-electron chi connectivity index (χ2n) is 7.46. The van der Waals surface area contributed by atoms with E-state index >= 15 is 0 Å². The highest BCUT2D eigenvalue weighted by atomic mass is 16.5. The molecule has 26 heavy (non-hydrogen) atoms. The maximum atomic E-state index is 10.5. The van der Waals surface area contributed by atoms with E-state index in [0.717, 1.165) is 62.5 Å². The van der Waals surface area contributed by atoms with Crippen LogP contribution in [0.25, 0.3) is 10.9 Å². The Bertz CT molecular complexity index is 763. The van der Waals surface area contributed by atoms with E-state index in [0.29, 0.717) is 13.0 Å². The smallest absolute Gasteiger partial charge is 0.133 e. The number of nitrogens with zero attached hydrogens (tertiary/aromatic N) is 3. The van der Waals surface area contributed by atoms with Gasteiger partial charge in [0.15, 0.2) is 0 Å². The van der Waals surface area contributed by atoms with Crippen molar-refractivity contribution in [1.29, 1.82) is 0 Å². The molecule has 4 rings (SSSR count). The average Bonchev–Trinajstić information content (AvgIpc) is 2.68. The minimum absolute atomic E-state index is 0.185. The number of fused-ring (bicyclic) bond motifs is 1. The molecule has 6 heteroatoms. The third-order valence-corrected chi connectivity index (χ3v) is 5.41. The lowest BCUT2D eigenvalue weighted by atomic mass is 9.93. The molecule has 2 aliphatic rings. The van der Waals surface area contributed by atoms with E-state index in [2.05, 4.69) is 28.0 Å². The quantitative estimate of drug-likeness (QED) is 0.862. The molecule has 0 spiro atoms. The normalized spacial score (nSPS) is 24.9. The Kier molecular flexibility index (Phi) is 5.09. The van der Waals surface area contributed by atoms with E-state index in [-0.39, 0.29) is 6.61 Å². The topological polar surface area (TPSA) is 69.1 Å². The van der Waals surface area contributed by atoms with Crippen LogP contribution in [0.15, 0.2) is 30.3 Å². The lowest BCUT2D eigenvalue weighted by Crippen LogP contribution is -2.50. The van der Waals surface area contributed by atoms with Crippen molar-refractivity contribution in [1.82, 2.24) is 9.88 Å². The van der Waals surface area contributed by atoms with Crippen molar-refractivity contribution in [2.24, 2.45) is 0 Å². The molecule has 2 N–H and O–H groups in total. The van der Waals surface area contributed by atoms with E-state index < -0.39 is 5.60 Å². The monoisotopic (exact) mass is 357 g/mol. The molecule has 0 aliphatic carbocycles. The SMILES string of the molecule is OC[C@]1(O)CCCN(Cc2cc3ccccc3nc2N2CCOCC2)C1. The van der Waals surface area contributed by atoms with Gasteiger partial charge < -0.3 is 19.8 Å². The lowest BCUT2D eigenvalue weighted by molar-refractivity contribution is -0.0687. The molecule has 1 aromatic heterocycles. The molecule has 3 heterocycles. The number of aliphatic hydroxyl groups is 2.